The number of carbonyl (C=O) groups excluding carboxylic acids is 1. The van der Waals surface area contributed by atoms with Crippen LogP contribution in [-0.2, 0) is 9.53 Å². The molecule has 118 valence electrons. The molecule has 1 rings (SSSR count). The van der Waals surface area contributed by atoms with Gasteiger partial charge < -0.3 is 10.1 Å². The largest absolute Gasteiger partial charge is 0.411 e. The molecule has 3 nitrogen and oxygen atoms in total. The number of nitrogens with one attached hydrogen (secondary N) is 1. The molecule has 0 aromatic heterocycles. The first-order valence-electron chi connectivity index (χ1n) is 6.84. The summed E-state index contributed by atoms with van der Waals surface area (Å²) in [5, 5.41) is 2.76. The Bertz CT molecular complexity index is 304. The second-order valence-electron chi connectivity index (χ2n) is 5.39. The van der Waals surface area contributed by atoms with Gasteiger partial charge in [0.1, 0.15) is 6.61 Å². The van der Waals surface area contributed by atoms with Crippen molar-refractivity contribution in [3.05, 3.63) is 0 Å². The summed E-state index contributed by atoms with van der Waals surface area (Å²) < 4.78 is 39.9. The first-order valence-corrected chi connectivity index (χ1v) is 7.38. The van der Waals surface area contributed by atoms with E-state index in [-0.39, 0.29) is 24.3 Å². The van der Waals surface area contributed by atoms with E-state index in [2.05, 4.69) is 10.1 Å². The summed E-state index contributed by atoms with van der Waals surface area (Å²) in [6.45, 7) is -1.04. The van der Waals surface area contributed by atoms with Gasteiger partial charge in [0.2, 0.25) is 5.91 Å². The van der Waals surface area contributed by atoms with E-state index in [4.69, 9.17) is 11.6 Å². The molecular formula is C13H21ClF3NO2. The lowest BCUT2D eigenvalue weighted by atomic mass is 9.75. The third kappa shape index (κ3) is 6.79. The van der Waals surface area contributed by atoms with E-state index >= 15 is 0 Å². The Hall–Kier alpha value is -0.490. The van der Waals surface area contributed by atoms with Crippen LogP contribution in [0.5, 0.6) is 0 Å². The Morgan fingerprint density at radius 3 is 2.45 bits per heavy atom. The first kappa shape index (κ1) is 17.6. The molecule has 0 bridgehead atoms. The van der Waals surface area contributed by atoms with Crippen LogP contribution < -0.4 is 5.32 Å². The number of carbonyl (C=O) groups is 1. The standard InChI is InChI=1S/C13H21ClF3NO2/c14-8-12(5-2-1-3-6-12)9-18-11(19)4-7-20-10-13(15,16)17/h1-10H2,(H,18,19). The smallest absolute Gasteiger partial charge is 0.372 e. The highest BCUT2D eigenvalue weighted by atomic mass is 35.5. The second kappa shape index (κ2) is 8.08. The lowest BCUT2D eigenvalue weighted by Gasteiger charge is -2.35. The average Bonchev–Trinajstić information content (AvgIpc) is 2.41. The lowest BCUT2D eigenvalue weighted by molar-refractivity contribution is -0.174. The number of hydrogen-bond acceptors (Lipinski definition) is 2. The quantitative estimate of drug-likeness (QED) is 0.578. The Balaban J connectivity index is 2.18. The topological polar surface area (TPSA) is 38.3 Å². The summed E-state index contributed by atoms with van der Waals surface area (Å²) in [4.78, 5) is 11.6. The van der Waals surface area contributed by atoms with Crippen LogP contribution in [0.15, 0.2) is 0 Å². The molecule has 0 saturated heterocycles. The van der Waals surface area contributed by atoms with Crippen molar-refractivity contribution < 1.29 is 22.7 Å². The molecule has 0 atom stereocenters. The van der Waals surface area contributed by atoms with Crippen molar-refractivity contribution in [3.8, 4) is 0 Å². The Morgan fingerprint density at radius 1 is 1.25 bits per heavy atom. The van der Waals surface area contributed by atoms with Gasteiger partial charge in [0.15, 0.2) is 0 Å². The summed E-state index contributed by atoms with van der Waals surface area (Å²) in [5.41, 5.74) is -0.0533. The summed E-state index contributed by atoms with van der Waals surface area (Å²) in [7, 11) is 0. The molecule has 20 heavy (non-hydrogen) atoms. The number of amides is 1. The van der Waals surface area contributed by atoms with E-state index in [0.29, 0.717) is 12.4 Å². The second-order valence-corrected chi connectivity index (χ2v) is 5.66. The van der Waals surface area contributed by atoms with Gasteiger partial charge in [0, 0.05) is 24.3 Å². The maximum Gasteiger partial charge on any atom is 0.411 e. The van der Waals surface area contributed by atoms with E-state index in [1.807, 2.05) is 0 Å². The molecule has 1 aliphatic carbocycles. The Labute approximate surface area is 122 Å². The number of ether oxygens (including phenoxy) is 1. The Morgan fingerprint density at radius 2 is 1.90 bits per heavy atom. The van der Waals surface area contributed by atoms with Gasteiger partial charge in [0.05, 0.1) is 6.61 Å². The van der Waals surface area contributed by atoms with Crippen molar-refractivity contribution in [2.24, 2.45) is 5.41 Å². The third-order valence-electron chi connectivity index (χ3n) is 3.60. The minimum Gasteiger partial charge on any atom is -0.372 e. The van der Waals surface area contributed by atoms with Gasteiger partial charge in [0.25, 0.3) is 0 Å². The van der Waals surface area contributed by atoms with Gasteiger partial charge in [-0.15, -0.1) is 11.6 Å². The maximum absolute atomic E-state index is 11.8. The lowest BCUT2D eigenvalue weighted by Crippen LogP contribution is -2.40. The van der Waals surface area contributed by atoms with Crippen LogP contribution in [0, 0.1) is 5.41 Å². The average molecular weight is 316 g/mol. The number of halogens is 4. The molecule has 0 heterocycles. The molecular weight excluding hydrogens is 295 g/mol. The molecule has 1 amide bonds. The zero-order valence-corrected chi connectivity index (χ0v) is 12.2. The van der Waals surface area contributed by atoms with Gasteiger partial charge in [-0.3, -0.25) is 4.79 Å². The fourth-order valence-corrected chi connectivity index (χ4v) is 2.75. The molecule has 0 radical (unpaired) electrons. The molecule has 0 aromatic rings. The van der Waals surface area contributed by atoms with Gasteiger partial charge in [-0.1, -0.05) is 19.3 Å². The molecule has 0 unspecified atom stereocenters. The van der Waals surface area contributed by atoms with Gasteiger partial charge >= 0.3 is 6.18 Å². The summed E-state index contributed by atoms with van der Waals surface area (Å²) in [6.07, 6.45) is 0.977. The molecule has 1 N–H and O–H groups in total. The van der Waals surface area contributed by atoms with Crippen LogP contribution in [0.2, 0.25) is 0 Å². The highest BCUT2D eigenvalue weighted by Gasteiger charge is 2.31. The zero-order valence-electron chi connectivity index (χ0n) is 11.4. The predicted octanol–water partition coefficient (Wildman–Crippen LogP) is 3.26. The maximum atomic E-state index is 11.8. The third-order valence-corrected chi connectivity index (χ3v) is 4.16. The van der Waals surface area contributed by atoms with Crippen LogP contribution >= 0.6 is 11.6 Å². The van der Waals surface area contributed by atoms with Crippen LogP contribution in [-0.4, -0.2) is 37.7 Å². The fourth-order valence-electron chi connectivity index (χ4n) is 2.39. The van der Waals surface area contributed by atoms with Crippen molar-refractivity contribution in [1.29, 1.82) is 0 Å². The van der Waals surface area contributed by atoms with E-state index in [0.717, 1.165) is 25.7 Å². The molecule has 1 aliphatic rings. The normalized spacial score (nSPS) is 18.8. The minimum absolute atomic E-state index is 0.0533. The number of hydrogen-bond donors (Lipinski definition) is 1. The fraction of sp³-hybridized carbons (Fsp3) is 0.923. The van der Waals surface area contributed by atoms with E-state index in [1.54, 1.807) is 0 Å². The summed E-state index contributed by atoms with van der Waals surface area (Å²) in [5.74, 6) is 0.208. The van der Waals surface area contributed by atoms with Gasteiger partial charge in [-0.25, -0.2) is 0 Å². The molecule has 7 heteroatoms. The van der Waals surface area contributed by atoms with Gasteiger partial charge in [-0.05, 0) is 12.8 Å². The van der Waals surface area contributed by atoms with E-state index in [1.165, 1.54) is 6.42 Å². The molecule has 1 fully saturated rings. The zero-order chi connectivity index (χ0) is 15.1. The highest BCUT2D eigenvalue weighted by Crippen LogP contribution is 2.36. The minimum atomic E-state index is -4.35. The number of alkyl halides is 4. The molecule has 0 spiro atoms. The van der Waals surface area contributed by atoms with E-state index < -0.39 is 12.8 Å². The van der Waals surface area contributed by atoms with Crippen molar-refractivity contribution >= 4 is 17.5 Å². The molecule has 0 aromatic carbocycles. The van der Waals surface area contributed by atoms with Gasteiger partial charge in [-0.2, -0.15) is 13.2 Å². The van der Waals surface area contributed by atoms with Crippen LogP contribution in [0.1, 0.15) is 38.5 Å². The summed E-state index contributed by atoms with van der Waals surface area (Å²) >= 11 is 6.00. The highest BCUT2D eigenvalue weighted by molar-refractivity contribution is 6.18. The summed E-state index contributed by atoms with van der Waals surface area (Å²) in [6, 6.07) is 0. The SMILES string of the molecule is O=C(CCOCC(F)(F)F)NCC1(CCl)CCCCC1. The van der Waals surface area contributed by atoms with E-state index in [9.17, 15) is 18.0 Å². The van der Waals surface area contributed by atoms with Crippen LogP contribution in [0.4, 0.5) is 13.2 Å². The van der Waals surface area contributed by atoms with Crippen LogP contribution in [0.3, 0.4) is 0 Å². The number of rotatable bonds is 7. The molecule has 1 saturated carbocycles. The predicted molar refractivity (Wildman–Crippen MR) is 70.7 cm³/mol. The Kier molecular flexibility index (Phi) is 7.09. The van der Waals surface area contributed by atoms with Crippen LogP contribution in [0.25, 0.3) is 0 Å². The van der Waals surface area contributed by atoms with Crippen molar-refractivity contribution in [2.75, 3.05) is 25.6 Å². The molecule has 0 aliphatic heterocycles. The van der Waals surface area contributed by atoms with Crippen molar-refractivity contribution in [1.82, 2.24) is 5.32 Å². The monoisotopic (exact) mass is 315 g/mol. The van der Waals surface area contributed by atoms with Crippen molar-refractivity contribution in [3.63, 3.8) is 0 Å². The van der Waals surface area contributed by atoms with Crippen molar-refractivity contribution in [2.45, 2.75) is 44.7 Å². The first-order chi connectivity index (χ1) is 9.37.